The first-order valence-corrected chi connectivity index (χ1v) is 34.0. The van der Waals surface area contributed by atoms with Gasteiger partial charge in [-0.15, -0.1) is 0 Å². The Labute approximate surface area is 491 Å². The van der Waals surface area contributed by atoms with Crippen LogP contribution in [0.25, 0.3) is 21.5 Å². The van der Waals surface area contributed by atoms with E-state index in [1.165, 1.54) is 205 Å². The van der Waals surface area contributed by atoms with Gasteiger partial charge >= 0.3 is 0 Å². The van der Waals surface area contributed by atoms with E-state index in [2.05, 4.69) is 68.3 Å². The summed E-state index contributed by atoms with van der Waals surface area (Å²) in [6.07, 6.45) is 50.8. The van der Waals surface area contributed by atoms with Crippen LogP contribution in [-0.2, 0) is 0 Å². The molecule has 6 heteroatoms. The van der Waals surface area contributed by atoms with Crippen LogP contribution in [0.1, 0.15) is 305 Å². The lowest BCUT2D eigenvalue weighted by molar-refractivity contribution is 0.0738. The minimum atomic E-state index is 0.0546. The lowest BCUT2D eigenvalue weighted by Crippen LogP contribution is -2.33. The van der Waals surface area contributed by atoms with Crippen molar-refractivity contribution >= 4 is 33.4 Å². The van der Waals surface area contributed by atoms with E-state index >= 15 is 0 Å². The maximum absolute atomic E-state index is 14.9. The van der Waals surface area contributed by atoms with Crippen molar-refractivity contribution in [3.05, 3.63) is 96.1 Å². The summed E-state index contributed by atoms with van der Waals surface area (Å²) in [5.74, 6) is 1.28. The van der Waals surface area contributed by atoms with Crippen molar-refractivity contribution < 1.29 is 19.1 Å². The summed E-state index contributed by atoms with van der Waals surface area (Å²) >= 11 is 0. The number of benzene rings is 4. The number of carbonyl (C=O) groups excluding carboxylic acids is 2. The molecule has 0 aliphatic carbocycles. The molecule has 448 valence electrons. The Morgan fingerprint density at radius 2 is 0.537 bits per heavy atom. The highest BCUT2D eigenvalue weighted by Crippen LogP contribution is 2.31. The molecule has 0 unspecified atom stereocenters. The topological polar surface area (TPSA) is 59.1 Å². The number of unbranched alkanes of at least 4 members (excludes halogenated alkanes) is 36. The quantitative estimate of drug-likeness (QED) is 0.0327. The molecule has 0 N–H and O–H groups in total. The minimum Gasteiger partial charge on any atom is -0.488 e. The Morgan fingerprint density at radius 1 is 0.325 bits per heavy atom. The number of hydrogen-bond donors (Lipinski definition) is 0. The zero-order valence-corrected chi connectivity index (χ0v) is 52.2. The van der Waals surface area contributed by atoms with Gasteiger partial charge in [0.2, 0.25) is 0 Å². The van der Waals surface area contributed by atoms with Crippen molar-refractivity contribution in [2.75, 3.05) is 39.4 Å². The van der Waals surface area contributed by atoms with Crippen molar-refractivity contribution in [1.82, 2.24) is 9.80 Å². The summed E-state index contributed by atoms with van der Waals surface area (Å²) in [6.45, 7) is 17.0. The third kappa shape index (κ3) is 29.1. The molecule has 4 aromatic rings. The van der Waals surface area contributed by atoms with E-state index in [4.69, 9.17) is 9.47 Å². The second kappa shape index (κ2) is 45.2. The first kappa shape index (κ1) is 68.2. The predicted molar refractivity (Wildman–Crippen MR) is 347 cm³/mol. The fraction of sp³-hybridized carbons (Fsp3) is 0.676. The van der Waals surface area contributed by atoms with Gasteiger partial charge in [0.05, 0.1) is 11.1 Å². The standard InChI is InChI=1S/C74H118N2O4/c1-6-10-14-18-22-26-30-34-38-46-54-75(55-47-39-35-31-27-23-19-15-11-7-2)73(77)69-58-65-50-42-44-52-67(65)60-71(69)79-62-64(5)63-80-72-61-68-53-45-43-51-66(68)59-70(72)74(78)76(56-48-40-36-32-28-24-20-16-12-8-3)57-49-41-37-33-29-25-21-17-13-9-4/h42-45,50-53,58-61H,5-41,46-49,54-57,62-63H2,1-4H3. The molecule has 2 amide bonds. The van der Waals surface area contributed by atoms with Crippen LogP contribution in [-0.4, -0.2) is 61.0 Å². The average Bonchev–Trinajstić information content (AvgIpc) is 3.51. The van der Waals surface area contributed by atoms with Gasteiger partial charge in [-0.2, -0.15) is 0 Å². The SMILES string of the molecule is C=C(COc1cc2ccccc2cc1C(=O)N(CCCCCCCCCCCC)CCCCCCCCCCCC)COc1cc2ccccc2cc1C(=O)N(CCCCCCCCCCCC)CCCCCCCCCCCC. The Balaban J connectivity index is 1.44. The molecule has 80 heavy (non-hydrogen) atoms. The van der Waals surface area contributed by atoms with E-state index in [0.717, 1.165) is 105 Å². The Morgan fingerprint density at radius 3 is 0.775 bits per heavy atom. The molecule has 4 rings (SSSR count). The molecule has 0 heterocycles. The number of fused-ring (bicyclic) bond motifs is 2. The second-order valence-electron chi connectivity index (χ2n) is 24.0. The van der Waals surface area contributed by atoms with Crippen LogP contribution in [0.2, 0.25) is 0 Å². The van der Waals surface area contributed by atoms with Crippen molar-refractivity contribution in [1.29, 1.82) is 0 Å². The number of amides is 2. The van der Waals surface area contributed by atoms with Gasteiger partial charge in [-0.3, -0.25) is 9.59 Å². The van der Waals surface area contributed by atoms with Crippen molar-refractivity contribution in [2.45, 2.75) is 285 Å². The summed E-state index contributed by atoms with van der Waals surface area (Å²) in [5.41, 5.74) is 1.97. The van der Waals surface area contributed by atoms with Gasteiger partial charge in [0.1, 0.15) is 24.7 Å². The third-order valence-electron chi connectivity index (χ3n) is 16.7. The molecule has 0 spiro atoms. The molecule has 0 radical (unpaired) electrons. The molecule has 6 nitrogen and oxygen atoms in total. The maximum atomic E-state index is 14.9. The number of ether oxygens (including phenoxy) is 2. The van der Waals surface area contributed by atoms with Crippen molar-refractivity contribution in [3.8, 4) is 11.5 Å². The van der Waals surface area contributed by atoms with E-state index in [1.807, 2.05) is 48.5 Å². The van der Waals surface area contributed by atoms with Crippen LogP contribution >= 0.6 is 0 Å². The van der Waals surface area contributed by atoms with Crippen molar-refractivity contribution in [2.24, 2.45) is 0 Å². The van der Waals surface area contributed by atoms with Gasteiger partial charge in [0.25, 0.3) is 11.8 Å². The normalized spacial score (nSPS) is 11.4. The van der Waals surface area contributed by atoms with E-state index < -0.39 is 0 Å². The van der Waals surface area contributed by atoms with Gasteiger partial charge in [-0.05, 0) is 77.1 Å². The molecule has 0 bridgehead atoms. The molecular weight excluding hydrogens is 981 g/mol. The lowest BCUT2D eigenvalue weighted by atomic mass is 10.0. The van der Waals surface area contributed by atoms with Crippen LogP contribution in [0.3, 0.4) is 0 Å². The van der Waals surface area contributed by atoms with Gasteiger partial charge < -0.3 is 19.3 Å². The second-order valence-corrected chi connectivity index (χ2v) is 24.0. The highest BCUT2D eigenvalue weighted by molar-refractivity contribution is 6.02. The summed E-state index contributed by atoms with van der Waals surface area (Å²) < 4.78 is 13.3. The smallest absolute Gasteiger partial charge is 0.257 e. The molecule has 4 aromatic carbocycles. The average molecular weight is 1100 g/mol. The number of rotatable bonds is 52. The first-order valence-electron chi connectivity index (χ1n) is 34.0. The van der Waals surface area contributed by atoms with E-state index in [-0.39, 0.29) is 25.0 Å². The molecule has 0 aliphatic rings. The molecule has 0 saturated carbocycles. The summed E-state index contributed by atoms with van der Waals surface area (Å²) in [4.78, 5) is 34.1. The molecule has 0 aliphatic heterocycles. The summed E-state index contributed by atoms with van der Waals surface area (Å²) in [5, 5.41) is 4.15. The maximum Gasteiger partial charge on any atom is 0.257 e. The van der Waals surface area contributed by atoms with Crippen LogP contribution in [0.15, 0.2) is 84.9 Å². The fourth-order valence-corrected chi connectivity index (χ4v) is 11.5. The molecule has 0 fully saturated rings. The third-order valence-corrected chi connectivity index (χ3v) is 16.7. The summed E-state index contributed by atoms with van der Waals surface area (Å²) in [7, 11) is 0. The largest absolute Gasteiger partial charge is 0.488 e. The Bertz CT molecular complexity index is 2010. The zero-order valence-electron chi connectivity index (χ0n) is 52.2. The van der Waals surface area contributed by atoms with Crippen LogP contribution < -0.4 is 9.47 Å². The molecular formula is C74H118N2O4. The number of hydrogen-bond acceptors (Lipinski definition) is 4. The summed E-state index contributed by atoms with van der Waals surface area (Å²) in [6, 6.07) is 24.7. The highest BCUT2D eigenvalue weighted by atomic mass is 16.5. The molecule has 0 saturated heterocycles. The van der Waals surface area contributed by atoms with Gasteiger partial charge in [0.15, 0.2) is 0 Å². The first-order chi connectivity index (χ1) is 39.4. The van der Waals surface area contributed by atoms with Crippen LogP contribution in [0, 0.1) is 0 Å². The van der Waals surface area contributed by atoms with E-state index in [0.29, 0.717) is 22.6 Å². The van der Waals surface area contributed by atoms with Gasteiger partial charge in [-0.25, -0.2) is 0 Å². The van der Waals surface area contributed by atoms with E-state index in [1.54, 1.807) is 0 Å². The monoisotopic (exact) mass is 1100 g/mol. The predicted octanol–water partition coefficient (Wildman–Crippen LogP) is 22.6. The van der Waals surface area contributed by atoms with E-state index in [9.17, 15) is 9.59 Å². The highest BCUT2D eigenvalue weighted by Gasteiger charge is 2.23. The number of nitrogens with zero attached hydrogens (tertiary/aromatic N) is 2. The number of carbonyl (C=O) groups is 2. The zero-order chi connectivity index (χ0) is 56.9. The Kier molecular flexibility index (Phi) is 38.5. The fourth-order valence-electron chi connectivity index (χ4n) is 11.5. The van der Waals surface area contributed by atoms with Gasteiger partial charge in [0, 0.05) is 26.2 Å². The lowest BCUT2D eigenvalue weighted by Gasteiger charge is -2.25. The Hall–Kier alpha value is -4.32. The van der Waals surface area contributed by atoms with Crippen LogP contribution in [0.4, 0.5) is 0 Å². The van der Waals surface area contributed by atoms with Gasteiger partial charge in [-0.1, -0.05) is 314 Å². The molecule has 0 atom stereocenters. The van der Waals surface area contributed by atoms with Crippen molar-refractivity contribution in [3.63, 3.8) is 0 Å². The molecule has 0 aromatic heterocycles. The van der Waals surface area contributed by atoms with Crippen LogP contribution in [0.5, 0.6) is 11.5 Å². The minimum absolute atomic E-state index is 0.0546.